The van der Waals surface area contributed by atoms with Gasteiger partial charge in [0.05, 0.1) is 6.07 Å². The van der Waals surface area contributed by atoms with E-state index in [1.165, 1.54) is 0 Å². The van der Waals surface area contributed by atoms with Gasteiger partial charge < -0.3 is 0 Å². The molecule has 0 N–H and O–H groups in total. The molecule has 0 radical (unpaired) electrons. The molecule has 0 aliphatic rings. The highest BCUT2D eigenvalue weighted by atomic mass is 16.1. The fourth-order valence-electron chi connectivity index (χ4n) is 1.86. The van der Waals surface area contributed by atoms with Gasteiger partial charge in [0.2, 0.25) is 0 Å². The summed E-state index contributed by atoms with van der Waals surface area (Å²) in [5, 5.41) is 8.99. The molecule has 0 unspecified atom stereocenters. The predicted molar refractivity (Wildman–Crippen MR) is 75.6 cm³/mol. The number of Topliss-reactive ketones (excluding diaryl/α,β-unsaturated/α-hetero) is 1. The standard InChI is InChI=1S/C17H15NO/c1-17(2,12-18)16(19)15-10-8-14(9-11-15)13-6-4-3-5-7-13/h3-11H,1-2H3. The molecule has 0 atom stereocenters. The molecule has 2 heteroatoms. The van der Waals surface area contributed by atoms with Gasteiger partial charge in [-0.2, -0.15) is 5.26 Å². The van der Waals surface area contributed by atoms with Crippen molar-refractivity contribution in [3.05, 3.63) is 60.2 Å². The highest BCUT2D eigenvalue weighted by molar-refractivity contribution is 6.02. The lowest BCUT2D eigenvalue weighted by Gasteiger charge is -2.13. The van der Waals surface area contributed by atoms with E-state index in [0.717, 1.165) is 11.1 Å². The maximum absolute atomic E-state index is 12.1. The third kappa shape index (κ3) is 2.71. The molecule has 19 heavy (non-hydrogen) atoms. The molecule has 0 bridgehead atoms. The van der Waals surface area contributed by atoms with E-state index in [9.17, 15) is 4.79 Å². The molecular formula is C17H15NO. The summed E-state index contributed by atoms with van der Waals surface area (Å²) >= 11 is 0. The van der Waals surface area contributed by atoms with Gasteiger partial charge in [0, 0.05) is 5.56 Å². The fourth-order valence-corrected chi connectivity index (χ4v) is 1.86. The third-order valence-electron chi connectivity index (χ3n) is 3.10. The molecule has 0 aliphatic heterocycles. The lowest BCUT2D eigenvalue weighted by atomic mass is 9.85. The Morgan fingerprint density at radius 3 is 2.00 bits per heavy atom. The Morgan fingerprint density at radius 2 is 1.47 bits per heavy atom. The first kappa shape index (κ1) is 13.0. The smallest absolute Gasteiger partial charge is 0.182 e. The van der Waals surface area contributed by atoms with E-state index in [0.29, 0.717) is 5.56 Å². The highest BCUT2D eigenvalue weighted by Gasteiger charge is 2.28. The molecule has 94 valence electrons. The molecular weight excluding hydrogens is 234 g/mol. The number of hydrogen-bond donors (Lipinski definition) is 0. The van der Waals surface area contributed by atoms with Gasteiger partial charge in [-0.25, -0.2) is 0 Å². The summed E-state index contributed by atoms with van der Waals surface area (Å²) in [7, 11) is 0. The van der Waals surface area contributed by atoms with Crippen LogP contribution in [-0.4, -0.2) is 5.78 Å². The molecule has 0 amide bonds. The number of hydrogen-bond acceptors (Lipinski definition) is 2. The van der Waals surface area contributed by atoms with E-state index in [1.54, 1.807) is 26.0 Å². The molecule has 2 nitrogen and oxygen atoms in total. The van der Waals surface area contributed by atoms with Crippen LogP contribution >= 0.6 is 0 Å². The molecule has 0 fully saturated rings. The maximum atomic E-state index is 12.1. The first-order chi connectivity index (χ1) is 9.04. The largest absolute Gasteiger partial charge is 0.292 e. The summed E-state index contributed by atoms with van der Waals surface area (Å²) < 4.78 is 0. The quantitative estimate of drug-likeness (QED) is 0.769. The number of nitrogens with zero attached hydrogens (tertiary/aromatic N) is 1. The number of carbonyl (C=O) groups is 1. The summed E-state index contributed by atoms with van der Waals surface area (Å²) in [5.74, 6) is -0.144. The maximum Gasteiger partial charge on any atom is 0.182 e. The van der Waals surface area contributed by atoms with Gasteiger partial charge in [-0.15, -0.1) is 0 Å². The summed E-state index contributed by atoms with van der Waals surface area (Å²) in [5.41, 5.74) is 1.77. The van der Waals surface area contributed by atoms with Gasteiger partial charge in [0.15, 0.2) is 5.78 Å². The van der Waals surface area contributed by atoms with Crippen molar-refractivity contribution in [1.29, 1.82) is 5.26 Å². The predicted octanol–water partition coefficient (Wildman–Crippen LogP) is 4.09. The Balaban J connectivity index is 2.30. The molecule has 2 aromatic carbocycles. The van der Waals surface area contributed by atoms with E-state index in [-0.39, 0.29) is 5.78 Å². The summed E-state index contributed by atoms with van der Waals surface area (Å²) in [4.78, 5) is 12.1. The van der Waals surface area contributed by atoms with Crippen molar-refractivity contribution in [2.24, 2.45) is 5.41 Å². The zero-order chi connectivity index (χ0) is 13.9. The van der Waals surface area contributed by atoms with Crippen LogP contribution in [0.4, 0.5) is 0 Å². The monoisotopic (exact) mass is 249 g/mol. The first-order valence-electron chi connectivity index (χ1n) is 6.16. The number of nitriles is 1. The van der Waals surface area contributed by atoms with Crippen molar-refractivity contribution in [2.75, 3.05) is 0 Å². The molecule has 2 aromatic rings. The zero-order valence-corrected chi connectivity index (χ0v) is 11.1. The van der Waals surface area contributed by atoms with Gasteiger partial charge in [0.25, 0.3) is 0 Å². The second-order valence-corrected chi connectivity index (χ2v) is 5.01. The van der Waals surface area contributed by atoms with Gasteiger partial charge >= 0.3 is 0 Å². The number of ketones is 1. The topological polar surface area (TPSA) is 40.9 Å². The third-order valence-corrected chi connectivity index (χ3v) is 3.10. The molecule has 0 spiro atoms. The van der Waals surface area contributed by atoms with Crippen LogP contribution in [0.1, 0.15) is 24.2 Å². The van der Waals surface area contributed by atoms with E-state index in [2.05, 4.69) is 0 Å². The van der Waals surface area contributed by atoms with Crippen molar-refractivity contribution < 1.29 is 4.79 Å². The second-order valence-electron chi connectivity index (χ2n) is 5.01. The van der Waals surface area contributed by atoms with Crippen molar-refractivity contribution in [3.8, 4) is 17.2 Å². The molecule has 0 aromatic heterocycles. The van der Waals surface area contributed by atoms with E-state index in [4.69, 9.17) is 5.26 Å². The zero-order valence-electron chi connectivity index (χ0n) is 11.1. The Bertz CT molecular complexity index is 619. The van der Waals surface area contributed by atoms with Crippen LogP contribution in [0.15, 0.2) is 54.6 Å². The minimum atomic E-state index is -0.978. The average molecular weight is 249 g/mol. The Kier molecular flexibility index (Phi) is 3.48. The van der Waals surface area contributed by atoms with Crippen LogP contribution < -0.4 is 0 Å². The van der Waals surface area contributed by atoms with Crippen molar-refractivity contribution in [3.63, 3.8) is 0 Å². The Labute approximate surface area is 113 Å². The van der Waals surface area contributed by atoms with Gasteiger partial charge in [-0.3, -0.25) is 4.79 Å². The lowest BCUT2D eigenvalue weighted by Crippen LogP contribution is -2.22. The molecule has 0 saturated carbocycles. The van der Waals surface area contributed by atoms with Gasteiger partial charge in [-0.05, 0) is 25.0 Å². The van der Waals surface area contributed by atoms with Crippen LogP contribution in [-0.2, 0) is 0 Å². The van der Waals surface area contributed by atoms with Gasteiger partial charge in [-0.1, -0.05) is 54.6 Å². The van der Waals surface area contributed by atoms with Crippen molar-refractivity contribution in [2.45, 2.75) is 13.8 Å². The SMILES string of the molecule is CC(C)(C#N)C(=O)c1ccc(-c2ccccc2)cc1. The molecule has 0 aliphatic carbocycles. The minimum Gasteiger partial charge on any atom is -0.292 e. The minimum absolute atomic E-state index is 0.144. The molecule has 0 saturated heterocycles. The summed E-state index contributed by atoms with van der Waals surface area (Å²) in [6, 6.07) is 19.4. The normalized spacial score (nSPS) is 10.8. The van der Waals surface area contributed by atoms with E-state index >= 15 is 0 Å². The van der Waals surface area contributed by atoms with Gasteiger partial charge in [0.1, 0.15) is 5.41 Å². The van der Waals surface area contributed by atoms with E-state index < -0.39 is 5.41 Å². The first-order valence-corrected chi connectivity index (χ1v) is 6.16. The molecule has 2 rings (SSSR count). The summed E-state index contributed by atoms with van der Waals surface area (Å²) in [6.45, 7) is 3.28. The second kappa shape index (κ2) is 5.07. The van der Waals surface area contributed by atoms with Crippen molar-refractivity contribution >= 4 is 5.78 Å². The van der Waals surface area contributed by atoms with Crippen molar-refractivity contribution in [1.82, 2.24) is 0 Å². The van der Waals surface area contributed by atoms with Crippen LogP contribution in [0.5, 0.6) is 0 Å². The fraction of sp³-hybridized carbons (Fsp3) is 0.176. The van der Waals surface area contributed by atoms with Crippen LogP contribution in [0.3, 0.4) is 0 Å². The lowest BCUT2D eigenvalue weighted by molar-refractivity contribution is 0.0892. The van der Waals surface area contributed by atoms with Crippen LogP contribution in [0.2, 0.25) is 0 Å². The Morgan fingerprint density at radius 1 is 0.947 bits per heavy atom. The number of carbonyl (C=O) groups excluding carboxylic acids is 1. The average Bonchev–Trinajstić information content (AvgIpc) is 2.47. The highest BCUT2D eigenvalue weighted by Crippen LogP contribution is 2.24. The van der Waals surface area contributed by atoms with E-state index in [1.807, 2.05) is 48.5 Å². The Hall–Kier alpha value is -2.40. The number of rotatable bonds is 3. The van der Waals surface area contributed by atoms with Crippen LogP contribution in [0, 0.1) is 16.7 Å². The number of benzene rings is 2. The summed E-state index contributed by atoms with van der Waals surface area (Å²) in [6.07, 6.45) is 0. The molecule has 0 heterocycles. The van der Waals surface area contributed by atoms with Crippen LogP contribution in [0.25, 0.3) is 11.1 Å².